The fourth-order valence-corrected chi connectivity index (χ4v) is 2.86. The van der Waals surface area contributed by atoms with Crippen LogP contribution in [0.2, 0.25) is 0 Å². The van der Waals surface area contributed by atoms with Crippen LogP contribution >= 0.6 is 0 Å². The largest absolute Gasteiger partial charge is 0.534 e. The highest BCUT2D eigenvalue weighted by atomic mass is 32.2. The van der Waals surface area contributed by atoms with E-state index >= 15 is 0 Å². The molecule has 0 spiro atoms. The zero-order valence-corrected chi connectivity index (χ0v) is 14.0. The van der Waals surface area contributed by atoms with Gasteiger partial charge in [0.1, 0.15) is 11.5 Å². The fraction of sp³-hybridized carbons (Fsp3) is 0.500. The zero-order chi connectivity index (χ0) is 17.8. The standard InChI is InChI=1S/C16H19F3O4S/c1-12-5-2-3-7-13-11-14(23-24(20,21)16(17,18)19)8-9-15(13)22-10-4-6-12/h6,8-9,11H,2-5,7,10H2,1H3/b12-6-. The summed E-state index contributed by atoms with van der Waals surface area (Å²) < 4.78 is 69.3. The lowest BCUT2D eigenvalue weighted by Gasteiger charge is -2.14. The van der Waals surface area contributed by atoms with Crippen LogP contribution < -0.4 is 8.92 Å². The van der Waals surface area contributed by atoms with E-state index in [0.29, 0.717) is 24.3 Å². The van der Waals surface area contributed by atoms with Gasteiger partial charge in [0, 0.05) is 0 Å². The molecule has 1 aliphatic heterocycles. The van der Waals surface area contributed by atoms with Crippen LogP contribution in [-0.4, -0.2) is 20.5 Å². The maximum Gasteiger partial charge on any atom is 0.534 e. The van der Waals surface area contributed by atoms with Crippen LogP contribution in [0.3, 0.4) is 0 Å². The van der Waals surface area contributed by atoms with Gasteiger partial charge in [-0.1, -0.05) is 11.6 Å². The lowest BCUT2D eigenvalue weighted by Crippen LogP contribution is -2.28. The number of allylic oxidation sites excluding steroid dienone is 1. The van der Waals surface area contributed by atoms with E-state index < -0.39 is 15.6 Å². The SMILES string of the molecule is C/C1=C/CCOc2ccc(OS(=O)(=O)C(F)(F)F)cc2CCCC1. The zero-order valence-electron chi connectivity index (χ0n) is 13.2. The van der Waals surface area contributed by atoms with Crippen LogP contribution in [0.15, 0.2) is 29.8 Å². The first-order valence-electron chi connectivity index (χ1n) is 7.61. The second-order valence-electron chi connectivity index (χ2n) is 5.65. The van der Waals surface area contributed by atoms with Gasteiger partial charge >= 0.3 is 15.6 Å². The lowest BCUT2D eigenvalue weighted by molar-refractivity contribution is -0.0500. The van der Waals surface area contributed by atoms with Crippen LogP contribution in [0.25, 0.3) is 0 Å². The lowest BCUT2D eigenvalue weighted by atomic mass is 10.0. The molecule has 0 bridgehead atoms. The Morgan fingerprint density at radius 2 is 1.88 bits per heavy atom. The molecule has 0 N–H and O–H groups in total. The molecular weight excluding hydrogens is 345 g/mol. The number of aryl methyl sites for hydroxylation is 1. The van der Waals surface area contributed by atoms with Gasteiger partial charge in [0.2, 0.25) is 0 Å². The molecule has 24 heavy (non-hydrogen) atoms. The second kappa shape index (κ2) is 7.46. The Bertz CT molecular complexity index is 709. The number of hydrogen-bond donors (Lipinski definition) is 0. The van der Waals surface area contributed by atoms with Gasteiger partial charge in [-0.15, -0.1) is 0 Å². The minimum atomic E-state index is -5.67. The number of hydrogen-bond acceptors (Lipinski definition) is 4. The third-order valence-corrected chi connectivity index (χ3v) is 4.64. The Balaban J connectivity index is 2.20. The van der Waals surface area contributed by atoms with Gasteiger partial charge in [-0.2, -0.15) is 21.6 Å². The van der Waals surface area contributed by atoms with Gasteiger partial charge in [-0.25, -0.2) is 0 Å². The molecule has 0 aliphatic carbocycles. The summed E-state index contributed by atoms with van der Waals surface area (Å²) >= 11 is 0. The summed E-state index contributed by atoms with van der Waals surface area (Å²) in [5, 5.41) is 0. The third kappa shape index (κ3) is 4.90. The minimum absolute atomic E-state index is 0.362. The number of halogens is 3. The van der Waals surface area contributed by atoms with Crippen LogP contribution in [0.4, 0.5) is 13.2 Å². The van der Waals surface area contributed by atoms with Crippen molar-refractivity contribution in [2.75, 3.05) is 6.61 Å². The van der Waals surface area contributed by atoms with Gasteiger partial charge < -0.3 is 8.92 Å². The summed E-state index contributed by atoms with van der Waals surface area (Å²) in [6.45, 7) is 2.50. The van der Waals surface area contributed by atoms with E-state index in [2.05, 4.69) is 17.2 Å². The molecule has 8 heteroatoms. The number of fused-ring (bicyclic) bond motifs is 1. The van der Waals surface area contributed by atoms with Gasteiger partial charge in [-0.05, 0) is 62.8 Å². The molecule has 4 nitrogen and oxygen atoms in total. The van der Waals surface area contributed by atoms with Gasteiger partial charge in [0.05, 0.1) is 6.61 Å². The van der Waals surface area contributed by atoms with Crippen molar-refractivity contribution in [1.29, 1.82) is 0 Å². The molecule has 0 atom stereocenters. The first kappa shape index (κ1) is 18.6. The molecule has 0 radical (unpaired) electrons. The number of benzene rings is 1. The first-order valence-corrected chi connectivity index (χ1v) is 9.02. The minimum Gasteiger partial charge on any atom is -0.493 e. The number of rotatable bonds is 2. The van der Waals surface area contributed by atoms with Crippen LogP contribution in [0, 0.1) is 0 Å². The van der Waals surface area contributed by atoms with Crippen molar-refractivity contribution in [3.63, 3.8) is 0 Å². The highest BCUT2D eigenvalue weighted by Gasteiger charge is 2.48. The second-order valence-corrected chi connectivity index (χ2v) is 7.19. The van der Waals surface area contributed by atoms with E-state index in [1.807, 2.05) is 0 Å². The Kier molecular flexibility index (Phi) is 5.79. The van der Waals surface area contributed by atoms with E-state index in [-0.39, 0.29) is 5.75 Å². The maximum absolute atomic E-state index is 12.4. The topological polar surface area (TPSA) is 52.6 Å². The molecule has 134 valence electrons. The molecule has 1 aromatic carbocycles. The molecule has 2 rings (SSSR count). The first-order chi connectivity index (χ1) is 11.2. The molecule has 1 aliphatic rings. The Morgan fingerprint density at radius 1 is 1.17 bits per heavy atom. The third-order valence-electron chi connectivity index (χ3n) is 3.66. The van der Waals surface area contributed by atoms with Crippen LogP contribution in [0.5, 0.6) is 11.5 Å². The Hall–Kier alpha value is -1.70. The van der Waals surface area contributed by atoms with E-state index in [4.69, 9.17) is 4.74 Å². The maximum atomic E-state index is 12.4. The van der Waals surface area contributed by atoms with Crippen LogP contribution in [-0.2, 0) is 16.5 Å². The van der Waals surface area contributed by atoms with E-state index in [1.54, 1.807) is 0 Å². The summed E-state index contributed by atoms with van der Waals surface area (Å²) in [7, 11) is -5.67. The summed E-state index contributed by atoms with van der Waals surface area (Å²) in [5.41, 5.74) is -3.53. The Morgan fingerprint density at radius 3 is 2.58 bits per heavy atom. The fourth-order valence-electron chi connectivity index (χ4n) is 2.41. The van der Waals surface area contributed by atoms with Gasteiger partial charge in [0.25, 0.3) is 0 Å². The van der Waals surface area contributed by atoms with Gasteiger partial charge in [0.15, 0.2) is 0 Å². The van der Waals surface area contributed by atoms with Crippen molar-refractivity contribution in [2.24, 2.45) is 0 Å². The predicted molar refractivity (Wildman–Crippen MR) is 83.5 cm³/mol. The van der Waals surface area contributed by atoms with Crippen molar-refractivity contribution < 1.29 is 30.5 Å². The van der Waals surface area contributed by atoms with E-state index in [1.165, 1.54) is 23.8 Å². The van der Waals surface area contributed by atoms with Crippen molar-refractivity contribution in [3.8, 4) is 11.5 Å². The quantitative estimate of drug-likeness (QED) is 0.445. The molecule has 0 amide bonds. The number of alkyl halides is 3. The molecule has 0 aromatic heterocycles. The molecule has 0 unspecified atom stereocenters. The smallest absolute Gasteiger partial charge is 0.493 e. The van der Waals surface area contributed by atoms with E-state index in [9.17, 15) is 21.6 Å². The summed E-state index contributed by atoms with van der Waals surface area (Å²) in [4.78, 5) is 0. The van der Waals surface area contributed by atoms with Crippen molar-refractivity contribution in [2.45, 2.75) is 44.5 Å². The van der Waals surface area contributed by atoms with Crippen molar-refractivity contribution in [1.82, 2.24) is 0 Å². The van der Waals surface area contributed by atoms with Gasteiger partial charge in [-0.3, -0.25) is 0 Å². The van der Waals surface area contributed by atoms with Crippen molar-refractivity contribution in [3.05, 3.63) is 35.4 Å². The molecule has 0 fully saturated rings. The Labute approximate surface area is 139 Å². The van der Waals surface area contributed by atoms with Crippen LogP contribution in [0.1, 0.15) is 38.2 Å². The monoisotopic (exact) mass is 364 g/mol. The summed E-state index contributed by atoms with van der Waals surface area (Å²) in [6.07, 6.45) is 6.13. The highest BCUT2D eigenvalue weighted by Crippen LogP contribution is 2.31. The summed E-state index contributed by atoms with van der Waals surface area (Å²) in [6, 6.07) is 3.92. The highest BCUT2D eigenvalue weighted by molar-refractivity contribution is 7.88. The van der Waals surface area contributed by atoms with E-state index in [0.717, 1.165) is 25.7 Å². The number of ether oxygens (including phenoxy) is 1. The predicted octanol–water partition coefficient (Wildman–Crippen LogP) is 4.36. The molecule has 1 heterocycles. The summed E-state index contributed by atoms with van der Waals surface area (Å²) in [5.74, 6) is 0.179. The normalized spacial score (nSPS) is 19.2. The average molecular weight is 364 g/mol. The molecule has 1 aromatic rings. The molecule has 0 saturated carbocycles. The average Bonchev–Trinajstić information content (AvgIpc) is 2.51. The van der Waals surface area contributed by atoms with Crippen molar-refractivity contribution >= 4 is 10.1 Å². The molecular formula is C16H19F3O4S. The molecule has 0 saturated heterocycles.